The predicted octanol–water partition coefficient (Wildman–Crippen LogP) is 1.80. The average Bonchev–Trinajstić information content (AvgIpc) is 2.87. The van der Waals surface area contributed by atoms with Crippen LogP contribution >= 0.6 is 11.6 Å². The summed E-state index contributed by atoms with van der Waals surface area (Å²) in [6.45, 7) is 1.93. The van der Waals surface area contributed by atoms with Crippen LogP contribution in [0.2, 0.25) is 5.15 Å². The van der Waals surface area contributed by atoms with Crippen molar-refractivity contribution < 1.29 is 12.8 Å². The number of imidazole rings is 1. The zero-order valence-corrected chi connectivity index (χ0v) is 12.4. The minimum absolute atomic E-state index is 0.0856. The molecule has 2 aromatic heterocycles. The molecule has 0 spiro atoms. The van der Waals surface area contributed by atoms with E-state index in [0.717, 1.165) is 10.1 Å². The fraction of sp³-hybridized carbons (Fsp3) is 0.364. The summed E-state index contributed by atoms with van der Waals surface area (Å²) < 4.78 is 32.6. The van der Waals surface area contributed by atoms with Gasteiger partial charge in [0.25, 0.3) is 10.0 Å². The number of furan rings is 1. The number of aromatic nitrogens is 2. The van der Waals surface area contributed by atoms with E-state index < -0.39 is 10.0 Å². The van der Waals surface area contributed by atoms with Gasteiger partial charge in [-0.15, -0.1) is 0 Å². The Labute approximate surface area is 116 Å². The van der Waals surface area contributed by atoms with E-state index in [1.165, 1.54) is 17.9 Å². The van der Waals surface area contributed by atoms with Crippen molar-refractivity contribution in [1.29, 1.82) is 0 Å². The fourth-order valence-electron chi connectivity index (χ4n) is 1.59. The summed E-state index contributed by atoms with van der Waals surface area (Å²) in [5.74, 6) is 1.30. The number of halogens is 1. The zero-order chi connectivity index (χ0) is 14.2. The number of nitrogens with zero attached hydrogens (tertiary/aromatic N) is 3. The molecule has 0 aliphatic rings. The van der Waals surface area contributed by atoms with E-state index in [-0.39, 0.29) is 16.7 Å². The first kappa shape index (κ1) is 14.1. The standard InChI is InChI=1S/C11H14ClN3O3S/c1-8-4-5-9(18-8)6-15(3)19(16,17)11-10(12)14(2)7-13-11/h4-5,7H,6H2,1-3H3. The van der Waals surface area contributed by atoms with Gasteiger partial charge in [-0.1, -0.05) is 11.6 Å². The van der Waals surface area contributed by atoms with Gasteiger partial charge in [0.15, 0.2) is 0 Å². The maximum Gasteiger partial charge on any atom is 0.263 e. The Morgan fingerprint density at radius 3 is 2.63 bits per heavy atom. The smallest absolute Gasteiger partial charge is 0.263 e. The van der Waals surface area contributed by atoms with Crippen LogP contribution < -0.4 is 0 Å². The second-order valence-corrected chi connectivity index (χ2v) is 6.54. The average molecular weight is 304 g/mol. The quantitative estimate of drug-likeness (QED) is 0.863. The lowest BCUT2D eigenvalue weighted by molar-refractivity contribution is 0.396. The van der Waals surface area contributed by atoms with E-state index in [1.54, 1.807) is 26.1 Å². The first-order chi connectivity index (χ1) is 8.82. The van der Waals surface area contributed by atoms with E-state index in [0.29, 0.717) is 5.76 Å². The van der Waals surface area contributed by atoms with Crippen LogP contribution in [0.1, 0.15) is 11.5 Å². The SMILES string of the molecule is Cc1ccc(CN(C)S(=O)(=O)c2ncn(C)c2Cl)o1. The summed E-state index contributed by atoms with van der Waals surface area (Å²) in [6, 6.07) is 3.52. The molecule has 0 atom stereocenters. The molecule has 2 rings (SSSR count). The van der Waals surface area contributed by atoms with E-state index in [1.807, 2.05) is 0 Å². The molecule has 0 saturated heterocycles. The van der Waals surface area contributed by atoms with Crippen LogP contribution in [0, 0.1) is 6.92 Å². The van der Waals surface area contributed by atoms with Crippen LogP contribution in [0.25, 0.3) is 0 Å². The molecule has 2 heterocycles. The van der Waals surface area contributed by atoms with Crippen molar-refractivity contribution >= 4 is 21.6 Å². The molecule has 6 nitrogen and oxygen atoms in total. The molecular formula is C11H14ClN3O3S. The highest BCUT2D eigenvalue weighted by molar-refractivity contribution is 7.89. The van der Waals surface area contributed by atoms with Gasteiger partial charge in [-0.3, -0.25) is 0 Å². The van der Waals surface area contributed by atoms with Gasteiger partial charge in [-0.25, -0.2) is 13.4 Å². The van der Waals surface area contributed by atoms with E-state index in [2.05, 4.69) is 4.98 Å². The van der Waals surface area contributed by atoms with Crippen molar-refractivity contribution in [3.63, 3.8) is 0 Å². The molecule has 0 saturated carbocycles. The molecule has 0 unspecified atom stereocenters. The van der Waals surface area contributed by atoms with Gasteiger partial charge in [-0.2, -0.15) is 4.31 Å². The summed E-state index contributed by atoms with van der Waals surface area (Å²) in [5.41, 5.74) is 0. The third-order valence-electron chi connectivity index (χ3n) is 2.66. The van der Waals surface area contributed by atoms with Gasteiger partial charge in [0.2, 0.25) is 5.03 Å². The molecule has 104 valence electrons. The second-order valence-electron chi connectivity index (χ2n) is 4.22. The molecule has 0 aliphatic carbocycles. The minimum atomic E-state index is -3.73. The van der Waals surface area contributed by atoms with Gasteiger partial charge in [-0.05, 0) is 19.1 Å². The third-order valence-corrected chi connectivity index (χ3v) is 4.96. The van der Waals surface area contributed by atoms with Crippen molar-refractivity contribution in [2.75, 3.05) is 7.05 Å². The van der Waals surface area contributed by atoms with Crippen molar-refractivity contribution in [2.24, 2.45) is 7.05 Å². The van der Waals surface area contributed by atoms with Crippen LogP contribution in [-0.4, -0.2) is 29.3 Å². The minimum Gasteiger partial charge on any atom is -0.465 e. The van der Waals surface area contributed by atoms with E-state index in [4.69, 9.17) is 16.0 Å². The molecule has 8 heteroatoms. The Kier molecular flexibility index (Phi) is 3.71. The molecular weight excluding hydrogens is 290 g/mol. The molecule has 2 aromatic rings. The first-order valence-corrected chi connectivity index (χ1v) is 7.32. The summed E-state index contributed by atoms with van der Waals surface area (Å²) in [6.07, 6.45) is 1.36. The lowest BCUT2D eigenvalue weighted by Crippen LogP contribution is -2.27. The second kappa shape index (κ2) is 4.99. The molecule has 0 aliphatic heterocycles. The summed E-state index contributed by atoms with van der Waals surface area (Å²) in [5, 5.41) is -0.0649. The van der Waals surface area contributed by atoms with E-state index >= 15 is 0 Å². The third kappa shape index (κ3) is 2.68. The predicted molar refractivity (Wildman–Crippen MR) is 70.3 cm³/mol. The molecule has 19 heavy (non-hydrogen) atoms. The highest BCUT2D eigenvalue weighted by atomic mass is 35.5. The lowest BCUT2D eigenvalue weighted by atomic mass is 10.4. The first-order valence-electron chi connectivity index (χ1n) is 5.51. The Bertz CT molecular complexity index is 690. The number of rotatable bonds is 4. The maximum absolute atomic E-state index is 12.3. The molecule has 0 amide bonds. The monoisotopic (exact) mass is 303 g/mol. The van der Waals surface area contributed by atoms with Gasteiger partial charge in [0, 0.05) is 14.1 Å². The largest absolute Gasteiger partial charge is 0.465 e. The molecule has 0 N–H and O–H groups in total. The normalized spacial score (nSPS) is 12.3. The Morgan fingerprint density at radius 2 is 2.16 bits per heavy atom. The topological polar surface area (TPSA) is 68.3 Å². The number of aryl methyl sites for hydroxylation is 2. The van der Waals surface area contributed by atoms with Gasteiger partial charge in [0.1, 0.15) is 16.7 Å². The number of hydrogen-bond acceptors (Lipinski definition) is 4. The Hall–Kier alpha value is -1.31. The molecule has 0 radical (unpaired) electrons. The van der Waals surface area contributed by atoms with Crippen molar-refractivity contribution in [2.45, 2.75) is 18.5 Å². The molecule has 0 fully saturated rings. The lowest BCUT2D eigenvalue weighted by Gasteiger charge is -2.14. The highest BCUT2D eigenvalue weighted by Crippen LogP contribution is 2.23. The maximum atomic E-state index is 12.3. The molecule has 0 aromatic carbocycles. The van der Waals surface area contributed by atoms with Crippen molar-refractivity contribution in [1.82, 2.24) is 13.9 Å². The van der Waals surface area contributed by atoms with Gasteiger partial charge < -0.3 is 8.98 Å². The van der Waals surface area contributed by atoms with Crippen molar-refractivity contribution in [3.05, 3.63) is 35.1 Å². The van der Waals surface area contributed by atoms with Crippen LogP contribution in [-0.2, 0) is 23.6 Å². The number of hydrogen-bond donors (Lipinski definition) is 0. The fourth-order valence-corrected chi connectivity index (χ4v) is 3.10. The highest BCUT2D eigenvalue weighted by Gasteiger charge is 2.27. The van der Waals surface area contributed by atoms with Crippen LogP contribution in [0.3, 0.4) is 0 Å². The molecule has 0 bridgehead atoms. The van der Waals surface area contributed by atoms with Crippen LogP contribution in [0.5, 0.6) is 0 Å². The number of sulfonamides is 1. The Morgan fingerprint density at radius 1 is 1.47 bits per heavy atom. The van der Waals surface area contributed by atoms with Gasteiger partial charge >= 0.3 is 0 Å². The van der Waals surface area contributed by atoms with Crippen molar-refractivity contribution in [3.8, 4) is 0 Å². The zero-order valence-electron chi connectivity index (χ0n) is 10.8. The Balaban J connectivity index is 2.27. The summed E-state index contributed by atoms with van der Waals surface area (Å²) in [4.78, 5) is 3.83. The van der Waals surface area contributed by atoms with E-state index in [9.17, 15) is 8.42 Å². The summed E-state index contributed by atoms with van der Waals surface area (Å²) in [7, 11) is -0.643. The summed E-state index contributed by atoms with van der Waals surface area (Å²) >= 11 is 5.92. The van der Waals surface area contributed by atoms with Gasteiger partial charge in [0.05, 0.1) is 12.9 Å². The van der Waals surface area contributed by atoms with Crippen LogP contribution in [0.4, 0.5) is 0 Å². The van der Waals surface area contributed by atoms with Crippen LogP contribution in [0.15, 0.2) is 27.9 Å².